The van der Waals surface area contributed by atoms with E-state index in [1.54, 1.807) is 6.33 Å². The second-order valence-corrected chi connectivity index (χ2v) is 8.53. The van der Waals surface area contributed by atoms with Crippen LogP contribution in [0.2, 0.25) is 0 Å². The SMILES string of the molecule is CCc1nc2cc(Cn3cc4c(CCc5c(C)cc(N)nc5C)ncnc4n3)cc(C)c2o1. The van der Waals surface area contributed by atoms with Gasteiger partial charge in [0.05, 0.1) is 17.6 Å². The van der Waals surface area contributed by atoms with Crippen molar-refractivity contribution >= 4 is 28.0 Å². The van der Waals surface area contributed by atoms with Gasteiger partial charge in [-0.1, -0.05) is 13.0 Å². The Morgan fingerprint density at radius 3 is 2.64 bits per heavy atom. The fourth-order valence-electron chi connectivity index (χ4n) is 4.47. The highest BCUT2D eigenvalue weighted by atomic mass is 16.3. The third-order valence-corrected chi connectivity index (χ3v) is 6.06. The Morgan fingerprint density at radius 2 is 1.85 bits per heavy atom. The molecule has 0 saturated heterocycles. The average molecular weight is 442 g/mol. The van der Waals surface area contributed by atoms with Gasteiger partial charge in [0, 0.05) is 18.3 Å². The summed E-state index contributed by atoms with van der Waals surface area (Å²) < 4.78 is 7.76. The number of hydrogen-bond acceptors (Lipinski definition) is 7. The summed E-state index contributed by atoms with van der Waals surface area (Å²) in [5.41, 5.74) is 14.9. The van der Waals surface area contributed by atoms with Gasteiger partial charge < -0.3 is 10.2 Å². The number of pyridine rings is 1. The van der Waals surface area contributed by atoms with Crippen LogP contribution in [0.3, 0.4) is 0 Å². The van der Waals surface area contributed by atoms with Gasteiger partial charge in [0.1, 0.15) is 17.7 Å². The number of anilines is 1. The Kier molecular flexibility index (Phi) is 5.28. The van der Waals surface area contributed by atoms with Crippen LogP contribution in [0, 0.1) is 20.8 Å². The van der Waals surface area contributed by atoms with Crippen LogP contribution in [0.25, 0.3) is 22.1 Å². The molecule has 5 aromatic rings. The molecule has 2 N–H and O–H groups in total. The van der Waals surface area contributed by atoms with Crippen molar-refractivity contribution in [3.63, 3.8) is 0 Å². The van der Waals surface area contributed by atoms with Crippen LogP contribution >= 0.6 is 0 Å². The highest BCUT2D eigenvalue weighted by Crippen LogP contribution is 2.24. The average Bonchev–Trinajstić information content (AvgIpc) is 3.37. The molecule has 4 heterocycles. The van der Waals surface area contributed by atoms with Crippen LogP contribution in [0.15, 0.2) is 35.1 Å². The molecule has 8 nitrogen and oxygen atoms in total. The van der Waals surface area contributed by atoms with Crippen molar-refractivity contribution < 1.29 is 4.42 Å². The van der Waals surface area contributed by atoms with Crippen molar-refractivity contribution in [3.05, 3.63) is 70.3 Å². The molecule has 0 radical (unpaired) electrons. The molecule has 0 unspecified atom stereocenters. The van der Waals surface area contributed by atoms with Gasteiger partial charge in [-0.05, 0) is 68.0 Å². The van der Waals surface area contributed by atoms with E-state index in [1.807, 2.05) is 30.8 Å². The highest BCUT2D eigenvalue weighted by Gasteiger charge is 2.13. The first-order valence-electron chi connectivity index (χ1n) is 11.2. The second-order valence-electron chi connectivity index (χ2n) is 8.53. The predicted molar refractivity (Wildman–Crippen MR) is 128 cm³/mol. The zero-order chi connectivity index (χ0) is 23.1. The Morgan fingerprint density at radius 1 is 1.00 bits per heavy atom. The van der Waals surface area contributed by atoms with E-state index < -0.39 is 0 Å². The number of benzene rings is 1. The van der Waals surface area contributed by atoms with Crippen molar-refractivity contribution in [2.45, 2.75) is 53.5 Å². The lowest BCUT2D eigenvalue weighted by Crippen LogP contribution is -2.03. The first kappa shape index (κ1) is 21.1. The minimum Gasteiger partial charge on any atom is -0.440 e. The fourth-order valence-corrected chi connectivity index (χ4v) is 4.47. The van der Waals surface area contributed by atoms with Crippen molar-refractivity contribution in [1.29, 1.82) is 0 Å². The number of nitrogens with two attached hydrogens (primary N) is 1. The lowest BCUT2D eigenvalue weighted by Gasteiger charge is -2.10. The van der Waals surface area contributed by atoms with E-state index in [4.69, 9.17) is 15.2 Å². The van der Waals surface area contributed by atoms with E-state index >= 15 is 0 Å². The van der Waals surface area contributed by atoms with Gasteiger partial charge in [0.25, 0.3) is 0 Å². The standard InChI is InChI=1S/C25H27N7O/c1-5-23-30-21-10-17(8-15(3)24(21)33-23)11-32-12-19-20(27-13-28-25(19)31-32)7-6-18-14(2)9-22(26)29-16(18)4/h8-10,12-13H,5-7,11H2,1-4H3,(H2,26,29). The molecule has 0 aliphatic carbocycles. The van der Waals surface area contributed by atoms with Crippen molar-refractivity contribution in [1.82, 2.24) is 29.7 Å². The molecule has 0 bridgehead atoms. The number of aromatic nitrogens is 6. The van der Waals surface area contributed by atoms with E-state index in [1.165, 1.54) is 5.56 Å². The molecule has 8 heteroatoms. The van der Waals surface area contributed by atoms with Gasteiger partial charge in [-0.25, -0.2) is 19.9 Å². The van der Waals surface area contributed by atoms with Crippen LogP contribution < -0.4 is 5.73 Å². The normalized spacial score (nSPS) is 11.6. The lowest BCUT2D eigenvalue weighted by molar-refractivity contribution is 0.536. The molecule has 0 saturated carbocycles. The number of oxazole rings is 1. The number of aryl methyl sites for hydroxylation is 5. The monoisotopic (exact) mass is 441 g/mol. The van der Waals surface area contributed by atoms with E-state index in [9.17, 15) is 0 Å². The Hall–Kier alpha value is -3.81. The molecule has 0 aliphatic heterocycles. The Balaban J connectivity index is 1.42. The summed E-state index contributed by atoms with van der Waals surface area (Å²) in [5, 5.41) is 5.67. The summed E-state index contributed by atoms with van der Waals surface area (Å²) in [5.74, 6) is 1.32. The largest absolute Gasteiger partial charge is 0.440 e. The number of nitrogens with zero attached hydrogens (tertiary/aromatic N) is 6. The van der Waals surface area contributed by atoms with Crippen molar-refractivity contribution in [3.8, 4) is 0 Å². The number of fused-ring (bicyclic) bond motifs is 2. The van der Waals surface area contributed by atoms with Crippen LogP contribution in [-0.4, -0.2) is 29.7 Å². The second kappa shape index (κ2) is 8.27. The van der Waals surface area contributed by atoms with Crippen LogP contribution in [0.1, 0.15) is 46.5 Å². The Labute approximate surface area is 191 Å². The van der Waals surface area contributed by atoms with E-state index in [0.29, 0.717) is 18.0 Å². The van der Waals surface area contributed by atoms with Gasteiger partial charge in [-0.15, -0.1) is 0 Å². The summed E-state index contributed by atoms with van der Waals surface area (Å²) in [4.78, 5) is 17.9. The lowest BCUT2D eigenvalue weighted by atomic mass is 10.0. The quantitative estimate of drug-likeness (QED) is 0.419. The molecule has 1 aromatic carbocycles. The topological polar surface area (TPSA) is 109 Å². The number of nitrogen functional groups attached to an aromatic ring is 1. The van der Waals surface area contributed by atoms with E-state index in [0.717, 1.165) is 69.7 Å². The van der Waals surface area contributed by atoms with Gasteiger partial charge in [0.2, 0.25) is 0 Å². The van der Waals surface area contributed by atoms with Crippen LogP contribution in [0.5, 0.6) is 0 Å². The third kappa shape index (κ3) is 4.04. The number of hydrogen-bond donors (Lipinski definition) is 1. The maximum atomic E-state index is 5.87. The van der Waals surface area contributed by atoms with Crippen molar-refractivity contribution in [2.24, 2.45) is 0 Å². The molecule has 0 amide bonds. The minimum atomic E-state index is 0.560. The Bertz CT molecular complexity index is 1460. The third-order valence-electron chi connectivity index (χ3n) is 6.06. The molecule has 0 spiro atoms. The molecule has 168 valence electrons. The fraction of sp³-hybridized carbons (Fsp3) is 0.320. The summed E-state index contributed by atoms with van der Waals surface area (Å²) in [6.45, 7) is 8.80. The highest BCUT2D eigenvalue weighted by molar-refractivity contribution is 5.78. The summed E-state index contributed by atoms with van der Waals surface area (Å²) in [6, 6.07) is 6.13. The first-order chi connectivity index (χ1) is 15.9. The van der Waals surface area contributed by atoms with Crippen LogP contribution in [-0.2, 0) is 25.8 Å². The van der Waals surface area contributed by atoms with Crippen molar-refractivity contribution in [2.75, 3.05) is 5.73 Å². The van der Waals surface area contributed by atoms with E-state index in [2.05, 4.69) is 45.9 Å². The molecule has 0 aliphatic rings. The van der Waals surface area contributed by atoms with Gasteiger partial charge in [-0.3, -0.25) is 4.68 Å². The van der Waals surface area contributed by atoms with Crippen LogP contribution in [0.4, 0.5) is 5.82 Å². The summed E-state index contributed by atoms with van der Waals surface area (Å²) >= 11 is 0. The zero-order valence-electron chi connectivity index (χ0n) is 19.4. The molecule has 33 heavy (non-hydrogen) atoms. The maximum Gasteiger partial charge on any atom is 0.195 e. The maximum absolute atomic E-state index is 5.87. The smallest absolute Gasteiger partial charge is 0.195 e. The molecule has 0 atom stereocenters. The van der Waals surface area contributed by atoms with E-state index in [-0.39, 0.29) is 0 Å². The summed E-state index contributed by atoms with van der Waals surface area (Å²) in [6.07, 6.45) is 6.02. The molecule has 0 fully saturated rings. The van der Waals surface area contributed by atoms with Gasteiger partial charge in [0.15, 0.2) is 17.1 Å². The van der Waals surface area contributed by atoms with Gasteiger partial charge in [-0.2, -0.15) is 5.10 Å². The predicted octanol–water partition coefficient (Wildman–Crippen LogP) is 4.27. The summed E-state index contributed by atoms with van der Waals surface area (Å²) in [7, 11) is 0. The molecule has 5 rings (SSSR count). The zero-order valence-corrected chi connectivity index (χ0v) is 19.4. The number of rotatable bonds is 6. The first-order valence-corrected chi connectivity index (χ1v) is 11.2. The van der Waals surface area contributed by atoms with Gasteiger partial charge >= 0.3 is 0 Å². The molecular formula is C25H27N7O. The minimum absolute atomic E-state index is 0.560. The molecule has 4 aromatic heterocycles. The molecular weight excluding hydrogens is 414 g/mol.